The van der Waals surface area contributed by atoms with Crippen LogP contribution in [0.15, 0.2) is 54.1 Å². The van der Waals surface area contributed by atoms with E-state index in [-0.39, 0.29) is 30.5 Å². The Morgan fingerprint density at radius 2 is 1.73 bits per heavy atom. The summed E-state index contributed by atoms with van der Waals surface area (Å²) in [6.45, 7) is 5.83. The van der Waals surface area contributed by atoms with Gasteiger partial charge in [0.25, 0.3) is 0 Å². The third kappa shape index (κ3) is 4.12. The first-order chi connectivity index (χ1) is 22.9. The average Bonchev–Trinajstić information content (AvgIpc) is 3.72. The van der Waals surface area contributed by atoms with Crippen molar-refractivity contribution in [3.63, 3.8) is 0 Å². The normalized spacial score (nSPS) is 28.3. The lowest BCUT2D eigenvalue weighted by atomic mass is 9.51. The molecule has 2 aliphatic carbocycles. The third-order valence-corrected chi connectivity index (χ3v) is 13.0. The maximum absolute atomic E-state index is 14.9. The topological polar surface area (TPSA) is 113 Å². The minimum Gasteiger partial charge on any atom is -0.508 e. The SMILES string of the molecule is CCN1C(=O)C2CC=C3C(CC4C(=O)N(c5cc(-c6sc7ccc(Cl)cc7c6C)nn5C)C(=O)C4(C)C3c3cc(Cl)ccc3O)C2C1=O. The number of aromatic hydroxyl groups is 1. The van der Waals surface area contributed by atoms with Crippen LogP contribution in [0.2, 0.25) is 10.0 Å². The molecule has 4 aromatic rings. The van der Waals surface area contributed by atoms with E-state index >= 15 is 0 Å². The molecule has 1 saturated carbocycles. The van der Waals surface area contributed by atoms with Gasteiger partial charge < -0.3 is 5.11 Å². The van der Waals surface area contributed by atoms with Crippen LogP contribution >= 0.6 is 34.5 Å². The number of phenolic OH excluding ortho intramolecular Hbond substituents is 1. The first-order valence-corrected chi connectivity index (χ1v) is 17.6. The van der Waals surface area contributed by atoms with Crippen molar-refractivity contribution in [1.29, 1.82) is 0 Å². The molecular formula is C36H32Cl2N4O5S. The number of fused-ring (bicyclic) bond motifs is 5. The Labute approximate surface area is 290 Å². The van der Waals surface area contributed by atoms with Gasteiger partial charge in [-0.15, -0.1) is 11.3 Å². The number of aromatic nitrogens is 2. The molecule has 2 aliphatic heterocycles. The fourth-order valence-electron chi connectivity index (χ4n) is 8.93. The highest BCUT2D eigenvalue weighted by atomic mass is 35.5. The van der Waals surface area contributed by atoms with Gasteiger partial charge in [-0.2, -0.15) is 5.10 Å². The van der Waals surface area contributed by atoms with Crippen molar-refractivity contribution in [3.8, 4) is 16.3 Å². The van der Waals surface area contributed by atoms with Crippen LogP contribution in [-0.4, -0.2) is 50.0 Å². The van der Waals surface area contributed by atoms with E-state index in [1.807, 2.05) is 31.2 Å². The van der Waals surface area contributed by atoms with Crippen molar-refractivity contribution in [1.82, 2.24) is 14.7 Å². The lowest BCUT2D eigenvalue weighted by molar-refractivity contribution is -0.140. The number of carbonyl (C=O) groups is 4. The summed E-state index contributed by atoms with van der Waals surface area (Å²) in [5.74, 6) is -4.21. The lowest BCUT2D eigenvalue weighted by Crippen LogP contribution is -2.49. The number of halogens is 2. The second-order valence-corrected chi connectivity index (χ2v) is 15.4. The maximum atomic E-state index is 14.9. The number of aryl methyl sites for hydroxylation is 2. The second kappa shape index (κ2) is 10.8. The minimum atomic E-state index is -1.32. The molecule has 1 N–H and O–H groups in total. The number of hydrogen-bond acceptors (Lipinski definition) is 7. The van der Waals surface area contributed by atoms with Gasteiger partial charge in [0.1, 0.15) is 17.3 Å². The van der Waals surface area contributed by atoms with Gasteiger partial charge in [0.2, 0.25) is 23.6 Å². The summed E-state index contributed by atoms with van der Waals surface area (Å²) in [4.78, 5) is 60.0. The zero-order valence-electron chi connectivity index (χ0n) is 26.7. The molecule has 4 heterocycles. The highest BCUT2D eigenvalue weighted by molar-refractivity contribution is 7.22. The highest BCUT2D eigenvalue weighted by Gasteiger charge is 2.68. The molecule has 4 amide bonds. The summed E-state index contributed by atoms with van der Waals surface area (Å²) in [6, 6.07) is 12.2. The molecule has 0 bridgehead atoms. The van der Waals surface area contributed by atoms with Crippen LogP contribution in [-0.2, 0) is 26.2 Å². The summed E-state index contributed by atoms with van der Waals surface area (Å²) in [6.07, 6.45) is 2.52. The molecule has 2 saturated heterocycles. The predicted molar refractivity (Wildman–Crippen MR) is 184 cm³/mol. The highest BCUT2D eigenvalue weighted by Crippen LogP contribution is 2.64. The number of likely N-dealkylation sites (tertiary alicyclic amines) is 1. The average molecular weight is 704 g/mol. The number of allylic oxidation sites excluding steroid dienone is 2. The third-order valence-electron chi connectivity index (χ3n) is 11.2. The molecule has 0 spiro atoms. The number of anilines is 1. The van der Waals surface area contributed by atoms with Gasteiger partial charge in [-0.25, -0.2) is 4.90 Å². The molecule has 2 aromatic carbocycles. The number of thiophene rings is 1. The van der Waals surface area contributed by atoms with Gasteiger partial charge >= 0.3 is 0 Å². The van der Waals surface area contributed by atoms with Crippen molar-refractivity contribution < 1.29 is 24.3 Å². The number of nitrogens with zero attached hydrogens (tertiary/aromatic N) is 4. The molecule has 3 fully saturated rings. The zero-order valence-corrected chi connectivity index (χ0v) is 29.0. The lowest BCUT2D eigenvalue weighted by Gasteiger charge is -2.49. The first-order valence-electron chi connectivity index (χ1n) is 16.0. The van der Waals surface area contributed by atoms with Crippen LogP contribution in [0.25, 0.3) is 20.7 Å². The molecule has 2 aromatic heterocycles. The number of benzene rings is 2. The van der Waals surface area contributed by atoms with Crippen LogP contribution in [0.1, 0.15) is 43.7 Å². The van der Waals surface area contributed by atoms with Crippen LogP contribution in [0.4, 0.5) is 5.82 Å². The van der Waals surface area contributed by atoms with E-state index in [1.54, 1.807) is 55.1 Å². The van der Waals surface area contributed by atoms with E-state index in [0.29, 0.717) is 33.5 Å². The number of rotatable bonds is 4. The standard InChI is InChI=1S/C36H32Cl2N4O5S/c1-5-41-32(44)20-9-8-19-22(29(20)34(41)46)14-24-33(45)42(35(47)36(24,3)30(19)23-13-17(37)6-10-26(23)43)28-15-25(39-40(28)4)31-16(2)21-12-18(38)7-11-27(21)48-31/h6-8,10-13,15,20,22,24,29-30,43H,5,9,14H2,1-4H3. The van der Waals surface area contributed by atoms with Crippen molar-refractivity contribution in [3.05, 3.63) is 75.3 Å². The molecule has 246 valence electrons. The number of amides is 4. The Morgan fingerprint density at radius 1 is 1.00 bits per heavy atom. The molecule has 12 heteroatoms. The van der Waals surface area contributed by atoms with Crippen molar-refractivity contribution in [2.45, 2.75) is 39.5 Å². The van der Waals surface area contributed by atoms with Crippen LogP contribution in [0.5, 0.6) is 5.75 Å². The molecule has 8 rings (SSSR count). The molecular weight excluding hydrogens is 671 g/mol. The fraction of sp³-hybridized carbons (Fsp3) is 0.361. The molecule has 9 nitrogen and oxygen atoms in total. The van der Waals surface area contributed by atoms with E-state index < -0.39 is 46.8 Å². The summed E-state index contributed by atoms with van der Waals surface area (Å²) in [7, 11) is 1.71. The van der Waals surface area contributed by atoms with Crippen molar-refractivity contribution >= 4 is 74.1 Å². The number of carbonyl (C=O) groups excluding carboxylic acids is 4. The maximum Gasteiger partial charge on any atom is 0.242 e. The van der Waals surface area contributed by atoms with Crippen LogP contribution < -0.4 is 4.90 Å². The molecule has 0 radical (unpaired) electrons. The number of hydrogen-bond donors (Lipinski definition) is 1. The molecule has 4 aliphatic rings. The molecule has 6 atom stereocenters. The first kappa shape index (κ1) is 31.3. The van der Waals surface area contributed by atoms with Gasteiger partial charge in [0.15, 0.2) is 0 Å². The molecule has 6 unspecified atom stereocenters. The number of imide groups is 2. The largest absolute Gasteiger partial charge is 0.508 e. The van der Waals surface area contributed by atoms with Crippen LogP contribution in [0.3, 0.4) is 0 Å². The minimum absolute atomic E-state index is 0.0566. The smallest absolute Gasteiger partial charge is 0.242 e. The Hall–Kier alpha value is -3.99. The van der Waals surface area contributed by atoms with Crippen molar-refractivity contribution in [2.24, 2.45) is 36.1 Å². The fourth-order valence-corrected chi connectivity index (χ4v) is 10.4. The van der Waals surface area contributed by atoms with E-state index in [9.17, 15) is 24.3 Å². The second-order valence-electron chi connectivity index (χ2n) is 13.5. The van der Waals surface area contributed by atoms with E-state index in [4.69, 9.17) is 28.3 Å². The van der Waals surface area contributed by atoms with Crippen molar-refractivity contribution in [2.75, 3.05) is 11.4 Å². The Kier molecular flexibility index (Phi) is 7.01. The van der Waals surface area contributed by atoms with Gasteiger partial charge in [-0.05, 0) is 86.9 Å². The van der Waals surface area contributed by atoms with E-state index in [0.717, 1.165) is 26.1 Å². The van der Waals surface area contributed by atoms with Crippen LogP contribution in [0, 0.1) is 36.0 Å². The summed E-state index contributed by atoms with van der Waals surface area (Å²) >= 11 is 14.3. The Bertz CT molecular complexity index is 2150. The number of phenols is 1. The summed E-state index contributed by atoms with van der Waals surface area (Å²) < 4.78 is 2.60. The van der Waals surface area contributed by atoms with Gasteiger partial charge in [-0.1, -0.05) is 34.9 Å². The van der Waals surface area contributed by atoms with E-state index in [1.165, 1.54) is 15.9 Å². The Morgan fingerprint density at radius 3 is 2.48 bits per heavy atom. The monoisotopic (exact) mass is 702 g/mol. The van der Waals surface area contributed by atoms with E-state index in [2.05, 4.69) is 0 Å². The summed E-state index contributed by atoms with van der Waals surface area (Å²) in [5, 5.41) is 18.0. The molecule has 48 heavy (non-hydrogen) atoms. The Balaban J connectivity index is 1.26. The van der Waals surface area contributed by atoms with Gasteiger partial charge in [-0.3, -0.25) is 28.8 Å². The zero-order chi connectivity index (χ0) is 34.0. The van der Waals surface area contributed by atoms with Gasteiger partial charge in [0, 0.05) is 45.9 Å². The quantitative estimate of drug-likeness (QED) is 0.183. The summed E-state index contributed by atoms with van der Waals surface area (Å²) in [5.41, 5.74) is 1.52. The van der Waals surface area contributed by atoms with Gasteiger partial charge in [0.05, 0.1) is 28.0 Å². The predicted octanol–water partition coefficient (Wildman–Crippen LogP) is 6.87.